The Morgan fingerprint density at radius 3 is 2.00 bits per heavy atom. The lowest BCUT2D eigenvalue weighted by atomic mass is 10.2. The molecule has 66 valence electrons. The van der Waals surface area contributed by atoms with Gasteiger partial charge in [0.1, 0.15) is 0 Å². The van der Waals surface area contributed by atoms with Crippen LogP contribution >= 0.6 is 0 Å². The van der Waals surface area contributed by atoms with Crippen LogP contribution in [0.5, 0.6) is 0 Å². The molecule has 1 aliphatic rings. The van der Waals surface area contributed by atoms with Crippen molar-refractivity contribution in [2.45, 2.75) is 19.9 Å². The van der Waals surface area contributed by atoms with Crippen LogP contribution in [0.3, 0.4) is 0 Å². The maximum atomic E-state index is 3.17. The first-order valence-corrected chi connectivity index (χ1v) is 4.40. The van der Waals surface area contributed by atoms with Crippen molar-refractivity contribution in [1.82, 2.24) is 15.3 Å². The second-order valence-electron chi connectivity index (χ2n) is 3.34. The van der Waals surface area contributed by atoms with E-state index in [2.05, 4.69) is 29.2 Å². The summed E-state index contributed by atoms with van der Waals surface area (Å²) in [5.41, 5.74) is 3.17. The van der Waals surface area contributed by atoms with Gasteiger partial charge in [-0.05, 0) is 20.9 Å². The van der Waals surface area contributed by atoms with Gasteiger partial charge >= 0.3 is 0 Å². The summed E-state index contributed by atoms with van der Waals surface area (Å²) < 4.78 is 0. The maximum absolute atomic E-state index is 3.17. The van der Waals surface area contributed by atoms with Crippen molar-refractivity contribution in [3.05, 3.63) is 0 Å². The monoisotopic (exact) mass is 157 g/mol. The fourth-order valence-corrected chi connectivity index (χ4v) is 1.46. The van der Waals surface area contributed by atoms with Crippen molar-refractivity contribution < 1.29 is 0 Å². The largest absolute Gasteiger partial charge is 0.298 e. The molecule has 0 spiro atoms. The van der Waals surface area contributed by atoms with Crippen LogP contribution in [-0.4, -0.2) is 49.2 Å². The molecule has 0 aromatic heterocycles. The lowest BCUT2D eigenvalue weighted by molar-refractivity contribution is 0.0804. The Balaban J connectivity index is 2.24. The summed E-state index contributed by atoms with van der Waals surface area (Å²) in [6.45, 7) is 9.20. The molecule has 0 unspecified atom stereocenters. The van der Waals surface area contributed by atoms with Gasteiger partial charge < -0.3 is 0 Å². The summed E-state index contributed by atoms with van der Waals surface area (Å²) in [6.07, 6.45) is 0. The Labute approximate surface area is 69.3 Å². The highest BCUT2D eigenvalue weighted by Gasteiger charge is 2.16. The van der Waals surface area contributed by atoms with Crippen LogP contribution in [0.25, 0.3) is 0 Å². The summed E-state index contributed by atoms with van der Waals surface area (Å²) in [5, 5.41) is 2.26. The highest BCUT2D eigenvalue weighted by molar-refractivity contribution is 4.71. The second kappa shape index (κ2) is 4.04. The third-order valence-corrected chi connectivity index (χ3v) is 2.36. The zero-order chi connectivity index (χ0) is 8.27. The van der Waals surface area contributed by atoms with Gasteiger partial charge in [-0.3, -0.25) is 10.3 Å². The number of hydrazine groups is 1. The molecule has 0 radical (unpaired) electrons. The Kier molecular flexibility index (Phi) is 3.30. The van der Waals surface area contributed by atoms with Crippen molar-refractivity contribution in [3.8, 4) is 0 Å². The van der Waals surface area contributed by atoms with E-state index in [4.69, 9.17) is 0 Å². The number of nitrogens with zero attached hydrogens (tertiary/aromatic N) is 2. The van der Waals surface area contributed by atoms with Gasteiger partial charge in [0.2, 0.25) is 0 Å². The number of nitrogens with one attached hydrogen (secondary N) is 1. The molecular weight excluding hydrogens is 138 g/mol. The van der Waals surface area contributed by atoms with Crippen molar-refractivity contribution in [3.63, 3.8) is 0 Å². The van der Waals surface area contributed by atoms with E-state index in [-0.39, 0.29) is 0 Å². The smallest absolute Gasteiger partial charge is 0.0259 e. The fourth-order valence-electron chi connectivity index (χ4n) is 1.46. The molecule has 1 heterocycles. The molecule has 3 heteroatoms. The number of hydrogen-bond donors (Lipinski definition) is 1. The summed E-state index contributed by atoms with van der Waals surface area (Å²) >= 11 is 0. The van der Waals surface area contributed by atoms with E-state index in [1.54, 1.807) is 0 Å². The molecule has 1 fully saturated rings. The van der Waals surface area contributed by atoms with Crippen molar-refractivity contribution in [1.29, 1.82) is 0 Å². The zero-order valence-electron chi connectivity index (χ0n) is 7.80. The normalized spacial score (nSPS) is 22.9. The maximum Gasteiger partial charge on any atom is 0.0259 e. The summed E-state index contributed by atoms with van der Waals surface area (Å²) in [7, 11) is 1.99. The molecular formula is C8H19N3. The molecule has 1 rings (SSSR count). The van der Waals surface area contributed by atoms with E-state index in [1.165, 1.54) is 13.1 Å². The van der Waals surface area contributed by atoms with Gasteiger partial charge in [0.25, 0.3) is 0 Å². The molecule has 1 saturated heterocycles. The van der Waals surface area contributed by atoms with E-state index in [9.17, 15) is 0 Å². The van der Waals surface area contributed by atoms with Crippen LogP contribution in [-0.2, 0) is 0 Å². The third kappa shape index (κ3) is 2.43. The molecule has 11 heavy (non-hydrogen) atoms. The van der Waals surface area contributed by atoms with Gasteiger partial charge in [-0.2, -0.15) is 0 Å². The molecule has 3 nitrogen and oxygen atoms in total. The minimum atomic E-state index is 0.703. The summed E-state index contributed by atoms with van der Waals surface area (Å²) in [5.74, 6) is 0. The van der Waals surface area contributed by atoms with Crippen LogP contribution < -0.4 is 5.43 Å². The first kappa shape index (κ1) is 8.97. The predicted octanol–water partition coefficient (Wildman–Crippen LogP) is 0.147. The van der Waals surface area contributed by atoms with Crippen LogP contribution in [0.2, 0.25) is 0 Å². The average Bonchev–Trinajstić information content (AvgIpc) is 2.05. The lowest BCUT2D eigenvalue weighted by Gasteiger charge is -2.36. The zero-order valence-corrected chi connectivity index (χ0v) is 7.80. The van der Waals surface area contributed by atoms with Gasteiger partial charge in [0.05, 0.1) is 0 Å². The molecule has 0 bridgehead atoms. The Morgan fingerprint density at radius 1 is 1.09 bits per heavy atom. The van der Waals surface area contributed by atoms with Crippen molar-refractivity contribution in [2.75, 3.05) is 33.2 Å². The lowest BCUT2D eigenvalue weighted by Crippen LogP contribution is -2.52. The summed E-state index contributed by atoms with van der Waals surface area (Å²) in [6, 6.07) is 0.703. The van der Waals surface area contributed by atoms with Gasteiger partial charge in [-0.15, -0.1) is 0 Å². The minimum Gasteiger partial charge on any atom is -0.298 e. The van der Waals surface area contributed by atoms with E-state index < -0.39 is 0 Å². The highest BCUT2D eigenvalue weighted by Crippen LogP contribution is 2.02. The van der Waals surface area contributed by atoms with E-state index >= 15 is 0 Å². The quantitative estimate of drug-likeness (QED) is 0.615. The van der Waals surface area contributed by atoms with Crippen LogP contribution in [0.1, 0.15) is 13.8 Å². The van der Waals surface area contributed by atoms with E-state index in [1.807, 2.05) is 7.05 Å². The van der Waals surface area contributed by atoms with Crippen LogP contribution in [0, 0.1) is 0 Å². The van der Waals surface area contributed by atoms with E-state index in [0.29, 0.717) is 6.04 Å². The van der Waals surface area contributed by atoms with Crippen molar-refractivity contribution in [2.24, 2.45) is 0 Å². The van der Waals surface area contributed by atoms with Crippen LogP contribution in [0.4, 0.5) is 0 Å². The van der Waals surface area contributed by atoms with Gasteiger partial charge in [0, 0.05) is 32.2 Å². The molecule has 0 aromatic carbocycles. The molecule has 1 N–H and O–H groups in total. The SMILES string of the molecule is CNN1CCN(C(C)C)CC1. The van der Waals surface area contributed by atoms with Crippen LogP contribution in [0.15, 0.2) is 0 Å². The summed E-state index contributed by atoms with van der Waals surface area (Å²) in [4.78, 5) is 2.51. The van der Waals surface area contributed by atoms with Gasteiger partial charge in [-0.1, -0.05) is 0 Å². The number of piperazine rings is 1. The number of hydrogen-bond acceptors (Lipinski definition) is 3. The topological polar surface area (TPSA) is 18.5 Å². The molecule has 0 aliphatic carbocycles. The molecule has 0 amide bonds. The minimum absolute atomic E-state index is 0.703. The standard InChI is InChI=1S/C8H19N3/c1-8(2)10-4-6-11(9-3)7-5-10/h8-9H,4-7H2,1-3H3. The average molecular weight is 157 g/mol. The fraction of sp³-hybridized carbons (Fsp3) is 1.00. The number of rotatable bonds is 2. The Hall–Kier alpha value is -0.120. The predicted molar refractivity (Wildman–Crippen MR) is 47.3 cm³/mol. The Morgan fingerprint density at radius 2 is 1.64 bits per heavy atom. The van der Waals surface area contributed by atoms with Gasteiger partial charge in [-0.25, -0.2) is 5.01 Å². The molecule has 0 aromatic rings. The molecule has 1 aliphatic heterocycles. The Bertz CT molecular complexity index is 106. The highest BCUT2D eigenvalue weighted by atomic mass is 15.5. The molecule has 0 saturated carbocycles. The first-order chi connectivity index (χ1) is 5.24. The van der Waals surface area contributed by atoms with E-state index in [0.717, 1.165) is 13.1 Å². The first-order valence-electron chi connectivity index (χ1n) is 4.40. The second-order valence-corrected chi connectivity index (χ2v) is 3.34. The third-order valence-electron chi connectivity index (χ3n) is 2.36. The molecule has 0 atom stereocenters. The van der Waals surface area contributed by atoms with Crippen molar-refractivity contribution >= 4 is 0 Å². The van der Waals surface area contributed by atoms with Gasteiger partial charge in [0.15, 0.2) is 0 Å².